The van der Waals surface area contributed by atoms with Crippen LogP contribution in [0.3, 0.4) is 0 Å². The lowest BCUT2D eigenvalue weighted by Crippen LogP contribution is -2.05. The Morgan fingerprint density at radius 2 is 2.17 bits per heavy atom. The quantitative estimate of drug-likeness (QED) is 0.837. The molecule has 0 saturated carbocycles. The SMILES string of the molecule is CC(=O)Nc1cccc(-c2cc(C=O)n(C)n2)c1. The van der Waals surface area contributed by atoms with Gasteiger partial charge in [0.15, 0.2) is 6.29 Å². The normalized spacial score (nSPS) is 10.1. The Labute approximate surface area is 104 Å². The second-order valence-electron chi connectivity index (χ2n) is 3.96. The van der Waals surface area contributed by atoms with E-state index in [0.717, 1.165) is 11.8 Å². The van der Waals surface area contributed by atoms with Crippen LogP contribution in [0.5, 0.6) is 0 Å². The Hall–Kier alpha value is -2.43. The van der Waals surface area contributed by atoms with Crippen LogP contribution >= 0.6 is 0 Å². The first-order chi connectivity index (χ1) is 8.60. The molecule has 1 aromatic heterocycles. The first kappa shape index (κ1) is 12.0. The predicted octanol–water partition coefficient (Wildman–Crippen LogP) is 1.86. The summed E-state index contributed by atoms with van der Waals surface area (Å²) in [5, 5.41) is 6.95. The maximum atomic E-state index is 11.0. The third-order valence-electron chi connectivity index (χ3n) is 2.52. The Morgan fingerprint density at radius 3 is 2.78 bits per heavy atom. The van der Waals surface area contributed by atoms with E-state index in [1.165, 1.54) is 11.6 Å². The molecule has 5 heteroatoms. The van der Waals surface area contributed by atoms with Crippen molar-refractivity contribution in [3.05, 3.63) is 36.0 Å². The zero-order valence-corrected chi connectivity index (χ0v) is 10.2. The fourth-order valence-corrected chi connectivity index (χ4v) is 1.69. The van der Waals surface area contributed by atoms with Crippen molar-refractivity contribution in [3.8, 4) is 11.3 Å². The number of aromatic nitrogens is 2. The molecule has 0 radical (unpaired) electrons. The number of carbonyl (C=O) groups is 2. The van der Waals surface area contributed by atoms with Crippen molar-refractivity contribution in [1.82, 2.24) is 9.78 Å². The van der Waals surface area contributed by atoms with Gasteiger partial charge in [0.25, 0.3) is 0 Å². The van der Waals surface area contributed by atoms with Crippen LogP contribution in [0.25, 0.3) is 11.3 Å². The summed E-state index contributed by atoms with van der Waals surface area (Å²) in [6, 6.07) is 9.03. The molecule has 0 fully saturated rings. The maximum absolute atomic E-state index is 11.0. The average molecular weight is 243 g/mol. The number of aryl methyl sites for hydroxylation is 1. The van der Waals surface area contributed by atoms with Gasteiger partial charge in [0.05, 0.1) is 5.69 Å². The van der Waals surface area contributed by atoms with Crippen LogP contribution in [0.4, 0.5) is 5.69 Å². The van der Waals surface area contributed by atoms with Gasteiger partial charge in [-0.1, -0.05) is 12.1 Å². The summed E-state index contributed by atoms with van der Waals surface area (Å²) >= 11 is 0. The van der Waals surface area contributed by atoms with Crippen molar-refractivity contribution in [2.75, 3.05) is 5.32 Å². The number of benzene rings is 1. The van der Waals surface area contributed by atoms with Crippen molar-refractivity contribution >= 4 is 17.9 Å². The summed E-state index contributed by atoms with van der Waals surface area (Å²) in [5.41, 5.74) is 2.77. The van der Waals surface area contributed by atoms with Crippen LogP contribution in [0.2, 0.25) is 0 Å². The Balaban J connectivity index is 2.37. The van der Waals surface area contributed by atoms with Crippen molar-refractivity contribution < 1.29 is 9.59 Å². The van der Waals surface area contributed by atoms with E-state index in [9.17, 15) is 9.59 Å². The first-order valence-electron chi connectivity index (χ1n) is 5.47. The van der Waals surface area contributed by atoms with Gasteiger partial charge in [0, 0.05) is 25.2 Å². The number of hydrogen-bond donors (Lipinski definition) is 1. The van der Waals surface area contributed by atoms with Gasteiger partial charge >= 0.3 is 0 Å². The highest BCUT2D eigenvalue weighted by atomic mass is 16.1. The molecule has 1 heterocycles. The minimum Gasteiger partial charge on any atom is -0.326 e. The molecule has 92 valence electrons. The van der Waals surface area contributed by atoms with Gasteiger partial charge in [0.1, 0.15) is 5.69 Å². The van der Waals surface area contributed by atoms with Crippen LogP contribution in [0.1, 0.15) is 17.4 Å². The first-order valence-corrected chi connectivity index (χ1v) is 5.47. The lowest BCUT2D eigenvalue weighted by molar-refractivity contribution is -0.114. The maximum Gasteiger partial charge on any atom is 0.221 e. The summed E-state index contributed by atoms with van der Waals surface area (Å²) in [6.45, 7) is 1.46. The molecule has 0 aliphatic carbocycles. The highest BCUT2D eigenvalue weighted by Crippen LogP contribution is 2.21. The number of anilines is 1. The van der Waals surface area contributed by atoms with Gasteiger partial charge in [-0.2, -0.15) is 5.10 Å². The Kier molecular flexibility index (Phi) is 3.23. The van der Waals surface area contributed by atoms with E-state index in [1.807, 2.05) is 18.2 Å². The number of hydrogen-bond acceptors (Lipinski definition) is 3. The molecule has 1 amide bonds. The summed E-state index contributed by atoms with van der Waals surface area (Å²) in [6.07, 6.45) is 0.758. The van der Waals surface area contributed by atoms with E-state index >= 15 is 0 Å². The van der Waals surface area contributed by atoms with Crippen molar-refractivity contribution in [2.24, 2.45) is 7.05 Å². The van der Waals surface area contributed by atoms with E-state index in [-0.39, 0.29) is 5.91 Å². The number of aldehydes is 1. The molecule has 5 nitrogen and oxygen atoms in total. The van der Waals surface area contributed by atoms with Crippen molar-refractivity contribution in [3.63, 3.8) is 0 Å². The predicted molar refractivity (Wildman–Crippen MR) is 68.3 cm³/mol. The van der Waals surface area contributed by atoms with E-state index in [4.69, 9.17) is 0 Å². The fourth-order valence-electron chi connectivity index (χ4n) is 1.69. The van der Waals surface area contributed by atoms with Gasteiger partial charge in [-0.05, 0) is 18.2 Å². The monoisotopic (exact) mass is 243 g/mol. The van der Waals surface area contributed by atoms with Gasteiger partial charge in [-0.3, -0.25) is 14.3 Å². The fraction of sp³-hybridized carbons (Fsp3) is 0.154. The molecule has 1 aromatic carbocycles. The zero-order valence-electron chi connectivity index (χ0n) is 10.2. The molecule has 0 atom stereocenters. The van der Waals surface area contributed by atoms with Crippen LogP contribution in [-0.2, 0) is 11.8 Å². The number of nitrogens with zero attached hydrogens (tertiary/aromatic N) is 2. The molecule has 0 aliphatic rings. The highest BCUT2D eigenvalue weighted by molar-refractivity contribution is 5.89. The second-order valence-corrected chi connectivity index (χ2v) is 3.96. The molecule has 0 spiro atoms. The average Bonchev–Trinajstić information content (AvgIpc) is 2.70. The molecule has 2 rings (SSSR count). The van der Waals surface area contributed by atoms with Gasteiger partial charge in [0.2, 0.25) is 5.91 Å². The summed E-state index contributed by atoms with van der Waals surface area (Å²) in [7, 11) is 1.71. The number of nitrogens with one attached hydrogen (secondary N) is 1. The molecular formula is C13H13N3O2. The summed E-state index contributed by atoms with van der Waals surface area (Å²) in [5.74, 6) is -0.123. The molecule has 0 aliphatic heterocycles. The lowest BCUT2D eigenvalue weighted by atomic mass is 10.1. The zero-order chi connectivity index (χ0) is 13.1. The van der Waals surface area contributed by atoms with E-state index < -0.39 is 0 Å². The highest BCUT2D eigenvalue weighted by Gasteiger charge is 2.07. The van der Waals surface area contributed by atoms with Crippen molar-refractivity contribution in [1.29, 1.82) is 0 Å². The van der Waals surface area contributed by atoms with Gasteiger partial charge in [-0.15, -0.1) is 0 Å². The Morgan fingerprint density at radius 1 is 1.39 bits per heavy atom. The molecule has 0 saturated heterocycles. The van der Waals surface area contributed by atoms with Gasteiger partial charge in [-0.25, -0.2) is 0 Å². The van der Waals surface area contributed by atoms with E-state index in [2.05, 4.69) is 10.4 Å². The van der Waals surface area contributed by atoms with Crippen molar-refractivity contribution in [2.45, 2.75) is 6.92 Å². The van der Waals surface area contributed by atoms with E-state index in [0.29, 0.717) is 17.1 Å². The largest absolute Gasteiger partial charge is 0.326 e. The minimum atomic E-state index is -0.123. The second kappa shape index (κ2) is 4.83. The lowest BCUT2D eigenvalue weighted by Gasteiger charge is -2.03. The minimum absolute atomic E-state index is 0.123. The van der Waals surface area contributed by atoms with E-state index in [1.54, 1.807) is 19.2 Å². The standard InChI is InChI=1S/C13H13N3O2/c1-9(18)14-11-5-3-4-10(6-11)13-7-12(8-17)16(2)15-13/h3-8H,1-2H3,(H,14,18). The Bertz CT molecular complexity index is 602. The molecule has 0 bridgehead atoms. The van der Waals surface area contributed by atoms with Crippen LogP contribution in [0, 0.1) is 0 Å². The van der Waals surface area contributed by atoms with Gasteiger partial charge < -0.3 is 5.32 Å². The number of carbonyl (C=O) groups excluding carboxylic acids is 2. The molecule has 2 aromatic rings. The topological polar surface area (TPSA) is 64.0 Å². The summed E-state index contributed by atoms with van der Waals surface area (Å²) in [4.78, 5) is 21.8. The van der Waals surface area contributed by atoms with Crippen LogP contribution in [0.15, 0.2) is 30.3 Å². The third kappa shape index (κ3) is 2.45. The number of amides is 1. The summed E-state index contributed by atoms with van der Waals surface area (Å²) < 4.78 is 1.52. The number of rotatable bonds is 3. The molecule has 18 heavy (non-hydrogen) atoms. The molecule has 1 N–H and O–H groups in total. The third-order valence-corrected chi connectivity index (χ3v) is 2.52. The smallest absolute Gasteiger partial charge is 0.221 e. The van der Waals surface area contributed by atoms with Crippen LogP contribution in [-0.4, -0.2) is 22.0 Å². The molecular weight excluding hydrogens is 230 g/mol. The molecule has 0 unspecified atom stereocenters. The van der Waals surface area contributed by atoms with Crippen LogP contribution < -0.4 is 5.32 Å².